The van der Waals surface area contributed by atoms with E-state index in [4.69, 9.17) is 0 Å². The van der Waals surface area contributed by atoms with Gasteiger partial charge in [0, 0.05) is 19.1 Å². The molecule has 100 valence electrons. The van der Waals surface area contributed by atoms with E-state index in [0.717, 1.165) is 43.7 Å². The van der Waals surface area contributed by atoms with Crippen molar-refractivity contribution in [3.8, 4) is 0 Å². The van der Waals surface area contributed by atoms with Crippen LogP contribution in [0, 0.1) is 12.7 Å². The van der Waals surface area contributed by atoms with Crippen molar-refractivity contribution < 1.29 is 4.39 Å². The summed E-state index contributed by atoms with van der Waals surface area (Å²) in [7, 11) is 0. The van der Waals surface area contributed by atoms with E-state index in [1.54, 1.807) is 12.1 Å². The predicted molar refractivity (Wildman–Crippen MR) is 74.7 cm³/mol. The molecule has 0 bridgehead atoms. The lowest BCUT2D eigenvalue weighted by molar-refractivity contribution is 0.500. The van der Waals surface area contributed by atoms with Crippen molar-refractivity contribution in [2.24, 2.45) is 0 Å². The summed E-state index contributed by atoms with van der Waals surface area (Å²) in [4.78, 5) is 2.21. The Morgan fingerprint density at radius 1 is 1.44 bits per heavy atom. The summed E-state index contributed by atoms with van der Waals surface area (Å²) >= 11 is 0. The number of anilines is 1. The van der Waals surface area contributed by atoms with Gasteiger partial charge in [-0.25, -0.2) is 4.39 Å². The first kappa shape index (κ1) is 13.3. The van der Waals surface area contributed by atoms with E-state index in [0.29, 0.717) is 6.04 Å². The van der Waals surface area contributed by atoms with Crippen molar-refractivity contribution in [2.45, 2.75) is 39.2 Å². The standard InChI is InChI=1S/C15H23FN2/c1-3-6-13-11-18(10-5-9-17-13)15-12(2)7-4-8-14(15)16/h4,7-8,13,17H,3,5-6,9-11H2,1-2H3. The van der Waals surface area contributed by atoms with Crippen LogP contribution in [-0.2, 0) is 0 Å². The van der Waals surface area contributed by atoms with Gasteiger partial charge in [-0.2, -0.15) is 0 Å². The topological polar surface area (TPSA) is 15.3 Å². The minimum atomic E-state index is -0.0906. The van der Waals surface area contributed by atoms with Gasteiger partial charge in [0.15, 0.2) is 0 Å². The van der Waals surface area contributed by atoms with Crippen molar-refractivity contribution >= 4 is 5.69 Å². The monoisotopic (exact) mass is 250 g/mol. The molecule has 1 aromatic rings. The maximum atomic E-state index is 14.0. The number of hydrogen-bond donors (Lipinski definition) is 1. The number of hydrogen-bond acceptors (Lipinski definition) is 2. The maximum Gasteiger partial charge on any atom is 0.146 e. The summed E-state index contributed by atoms with van der Waals surface area (Å²) in [6.45, 7) is 7.08. The Morgan fingerprint density at radius 2 is 2.28 bits per heavy atom. The zero-order valence-corrected chi connectivity index (χ0v) is 11.4. The van der Waals surface area contributed by atoms with Crippen molar-refractivity contribution in [3.63, 3.8) is 0 Å². The zero-order chi connectivity index (χ0) is 13.0. The summed E-state index contributed by atoms with van der Waals surface area (Å²) in [6, 6.07) is 5.82. The first-order chi connectivity index (χ1) is 8.72. The van der Waals surface area contributed by atoms with Gasteiger partial charge < -0.3 is 10.2 Å². The van der Waals surface area contributed by atoms with Gasteiger partial charge in [0.25, 0.3) is 0 Å². The molecule has 1 aromatic carbocycles. The van der Waals surface area contributed by atoms with Crippen LogP contribution in [0.4, 0.5) is 10.1 Å². The molecule has 0 aliphatic carbocycles. The largest absolute Gasteiger partial charge is 0.367 e. The van der Waals surface area contributed by atoms with Crippen LogP contribution < -0.4 is 10.2 Å². The van der Waals surface area contributed by atoms with Crippen LogP contribution in [-0.4, -0.2) is 25.7 Å². The van der Waals surface area contributed by atoms with E-state index in [9.17, 15) is 4.39 Å². The van der Waals surface area contributed by atoms with Crippen LogP contribution in [0.25, 0.3) is 0 Å². The molecule has 1 atom stereocenters. The lowest BCUT2D eigenvalue weighted by Gasteiger charge is -2.28. The first-order valence-electron chi connectivity index (χ1n) is 6.95. The molecule has 1 aliphatic rings. The SMILES string of the molecule is CCCC1CN(c2c(C)cccc2F)CCCN1. The number of halogens is 1. The van der Waals surface area contributed by atoms with Crippen LogP contribution in [0.5, 0.6) is 0 Å². The molecule has 0 saturated carbocycles. The number of rotatable bonds is 3. The molecule has 0 amide bonds. The van der Waals surface area contributed by atoms with E-state index in [1.807, 2.05) is 13.0 Å². The molecule has 2 rings (SSSR count). The molecule has 1 fully saturated rings. The Balaban J connectivity index is 2.20. The average Bonchev–Trinajstić information content (AvgIpc) is 2.55. The molecule has 18 heavy (non-hydrogen) atoms. The normalized spacial score (nSPS) is 20.8. The van der Waals surface area contributed by atoms with Crippen molar-refractivity contribution in [1.29, 1.82) is 0 Å². The van der Waals surface area contributed by atoms with Crippen LogP contribution in [0.15, 0.2) is 18.2 Å². The third-order valence-corrected chi connectivity index (χ3v) is 3.62. The molecule has 1 unspecified atom stereocenters. The van der Waals surface area contributed by atoms with E-state index in [2.05, 4.69) is 17.1 Å². The molecule has 1 N–H and O–H groups in total. The second kappa shape index (κ2) is 6.19. The van der Waals surface area contributed by atoms with Crippen LogP contribution in [0.1, 0.15) is 31.7 Å². The molecule has 3 heteroatoms. The van der Waals surface area contributed by atoms with Gasteiger partial charge in [0.1, 0.15) is 5.82 Å². The molecule has 1 heterocycles. The number of nitrogens with one attached hydrogen (secondary N) is 1. The first-order valence-corrected chi connectivity index (χ1v) is 6.95. The maximum absolute atomic E-state index is 14.0. The molecular weight excluding hydrogens is 227 g/mol. The second-order valence-electron chi connectivity index (χ2n) is 5.14. The zero-order valence-electron chi connectivity index (χ0n) is 11.4. The van der Waals surface area contributed by atoms with Crippen LogP contribution in [0.2, 0.25) is 0 Å². The summed E-state index contributed by atoms with van der Waals surface area (Å²) in [6.07, 6.45) is 3.40. The highest BCUT2D eigenvalue weighted by Gasteiger charge is 2.20. The fourth-order valence-corrected chi connectivity index (χ4v) is 2.77. The highest BCUT2D eigenvalue weighted by Crippen LogP contribution is 2.25. The lowest BCUT2D eigenvalue weighted by atomic mass is 10.1. The van der Waals surface area contributed by atoms with Crippen molar-refractivity contribution in [2.75, 3.05) is 24.5 Å². The van der Waals surface area contributed by atoms with Crippen molar-refractivity contribution in [1.82, 2.24) is 5.32 Å². The Morgan fingerprint density at radius 3 is 3.00 bits per heavy atom. The molecule has 0 spiro atoms. The highest BCUT2D eigenvalue weighted by molar-refractivity contribution is 5.54. The van der Waals surface area contributed by atoms with Crippen molar-refractivity contribution in [3.05, 3.63) is 29.6 Å². The summed E-state index contributed by atoms with van der Waals surface area (Å²) < 4.78 is 14.0. The van der Waals surface area contributed by atoms with Gasteiger partial charge in [-0.15, -0.1) is 0 Å². The Bertz CT molecular complexity index is 372. The molecule has 1 saturated heterocycles. The van der Waals surface area contributed by atoms with Gasteiger partial charge in [-0.05, 0) is 37.9 Å². The predicted octanol–water partition coefficient (Wildman–Crippen LogP) is 3.10. The molecule has 2 nitrogen and oxygen atoms in total. The van der Waals surface area contributed by atoms with Gasteiger partial charge in [0.05, 0.1) is 5.69 Å². The van der Waals surface area contributed by atoms with Gasteiger partial charge >= 0.3 is 0 Å². The lowest BCUT2D eigenvalue weighted by Crippen LogP contribution is -2.38. The van der Waals surface area contributed by atoms with E-state index in [1.165, 1.54) is 6.42 Å². The fourth-order valence-electron chi connectivity index (χ4n) is 2.77. The van der Waals surface area contributed by atoms with Gasteiger partial charge in [-0.3, -0.25) is 0 Å². The molecular formula is C15H23FN2. The highest BCUT2D eigenvalue weighted by atomic mass is 19.1. The smallest absolute Gasteiger partial charge is 0.146 e. The van der Waals surface area contributed by atoms with Gasteiger partial charge in [-0.1, -0.05) is 25.5 Å². The third-order valence-electron chi connectivity index (χ3n) is 3.62. The van der Waals surface area contributed by atoms with E-state index >= 15 is 0 Å². The quantitative estimate of drug-likeness (QED) is 0.886. The number of nitrogens with zero attached hydrogens (tertiary/aromatic N) is 1. The van der Waals surface area contributed by atoms with E-state index < -0.39 is 0 Å². The van der Waals surface area contributed by atoms with Crippen LogP contribution in [0.3, 0.4) is 0 Å². The Hall–Kier alpha value is -1.09. The number of aryl methyl sites for hydroxylation is 1. The average molecular weight is 250 g/mol. The van der Waals surface area contributed by atoms with E-state index in [-0.39, 0.29) is 5.82 Å². The number of para-hydroxylation sites is 1. The molecule has 0 aromatic heterocycles. The molecule has 1 aliphatic heterocycles. The summed E-state index contributed by atoms with van der Waals surface area (Å²) in [5.41, 5.74) is 1.83. The Labute approximate surface area is 109 Å². The fraction of sp³-hybridized carbons (Fsp3) is 0.600. The second-order valence-corrected chi connectivity index (χ2v) is 5.14. The van der Waals surface area contributed by atoms with Crippen LogP contribution >= 0.6 is 0 Å². The third kappa shape index (κ3) is 3.02. The summed E-state index contributed by atoms with van der Waals surface area (Å²) in [5.74, 6) is -0.0906. The molecule has 0 radical (unpaired) electrons. The number of benzene rings is 1. The van der Waals surface area contributed by atoms with Gasteiger partial charge in [0.2, 0.25) is 0 Å². The Kier molecular flexibility index (Phi) is 4.59. The summed E-state index contributed by atoms with van der Waals surface area (Å²) in [5, 5.41) is 3.56. The minimum absolute atomic E-state index is 0.0906. The minimum Gasteiger partial charge on any atom is -0.367 e.